The molecule has 6 nitrogen and oxygen atoms in total. The number of aryl methyl sites for hydroxylation is 2. The van der Waals surface area contributed by atoms with Gasteiger partial charge in [0, 0.05) is 0 Å². The fraction of sp³-hybridized carbons (Fsp3) is 0.810. The van der Waals surface area contributed by atoms with E-state index in [0.29, 0.717) is 25.0 Å². The zero-order valence-electron chi connectivity index (χ0n) is 47.1. The summed E-state index contributed by atoms with van der Waals surface area (Å²) in [5.74, 6) is 3.17. The normalized spacial score (nSPS) is 19.5. The fourth-order valence-electron chi connectivity index (χ4n) is 11.2. The van der Waals surface area contributed by atoms with Crippen molar-refractivity contribution in [1.29, 1.82) is 0 Å². The van der Waals surface area contributed by atoms with Crippen LogP contribution in [0.1, 0.15) is 284 Å². The summed E-state index contributed by atoms with van der Waals surface area (Å²) in [6, 6.07) is 17.5. The summed E-state index contributed by atoms with van der Waals surface area (Å²) in [5, 5.41) is 0. The van der Waals surface area contributed by atoms with E-state index in [0.717, 1.165) is 62.9 Å². The molecule has 0 bridgehead atoms. The van der Waals surface area contributed by atoms with Gasteiger partial charge < -0.3 is 18.1 Å². The molecule has 0 aromatic heterocycles. The maximum Gasteiger partial charge on any atom is 0.397 e. The quantitative estimate of drug-likeness (QED) is 0.0487. The van der Waals surface area contributed by atoms with E-state index >= 15 is 0 Å². The highest BCUT2D eigenvalue weighted by Gasteiger charge is 2.42. The van der Waals surface area contributed by atoms with Gasteiger partial charge in [0.25, 0.3) is 0 Å². The Morgan fingerprint density at radius 1 is 0.394 bits per heavy atom. The largest absolute Gasteiger partial charge is 0.427 e. The van der Waals surface area contributed by atoms with Gasteiger partial charge in [0.05, 0.1) is 25.4 Å². The maximum absolute atomic E-state index is 6.83. The van der Waals surface area contributed by atoms with Crippen LogP contribution >= 0.6 is 17.2 Å². The first-order valence-corrected chi connectivity index (χ1v) is 32.8. The van der Waals surface area contributed by atoms with Crippen LogP contribution in [0.25, 0.3) is 0 Å². The standard InChI is InChI=1S/C63H110O6P2/c1-7-11-15-19-23-27-31-37-55-39-35-41-61(53-55)68-70(64-51-33-29-25-21-17-13-9-3)66-59-47-43-57(44-48-59)63(5,6)58-45-49-60(50-46-58)67-71(65-52-34-30-26-22-18-14-10-4)69-62-42-36-40-56(54-62)38-32-28-24-20-16-12-8-2/h35-36,39-42,53-54,57-60H,7-34,37-38,43-52H2,1-6H3. The van der Waals surface area contributed by atoms with Crippen LogP contribution in [0.15, 0.2) is 48.5 Å². The van der Waals surface area contributed by atoms with Crippen molar-refractivity contribution in [2.45, 2.75) is 298 Å². The highest BCUT2D eigenvalue weighted by molar-refractivity contribution is 7.42. The van der Waals surface area contributed by atoms with E-state index in [4.69, 9.17) is 27.1 Å². The van der Waals surface area contributed by atoms with Crippen LogP contribution in [0.5, 0.6) is 11.5 Å². The molecular formula is C63H110O6P2. The van der Waals surface area contributed by atoms with Crippen molar-refractivity contribution < 1.29 is 27.1 Å². The molecule has 2 aromatic carbocycles. The lowest BCUT2D eigenvalue weighted by molar-refractivity contribution is 0.00601. The Balaban J connectivity index is 1.26. The van der Waals surface area contributed by atoms with Crippen molar-refractivity contribution in [1.82, 2.24) is 0 Å². The Morgan fingerprint density at radius 2 is 0.704 bits per heavy atom. The summed E-state index contributed by atoms with van der Waals surface area (Å²) < 4.78 is 39.9. The van der Waals surface area contributed by atoms with Crippen LogP contribution in [0, 0.1) is 17.3 Å². The van der Waals surface area contributed by atoms with E-state index in [1.54, 1.807) is 0 Å². The first kappa shape index (κ1) is 62.3. The average Bonchev–Trinajstić information content (AvgIpc) is 3.38. The van der Waals surface area contributed by atoms with Crippen LogP contribution < -0.4 is 9.05 Å². The van der Waals surface area contributed by atoms with Gasteiger partial charge in [-0.1, -0.05) is 220 Å². The summed E-state index contributed by atoms with van der Waals surface area (Å²) >= 11 is 0. The van der Waals surface area contributed by atoms with Crippen LogP contribution in [0.3, 0.4) is 0 Å². The third-order valence-corrected chi connectivity index (χ3v) is 18.6. The molecule has 0 spiro atoms. The van der Waals surface area contributed by atoms with Gasteiger partial charge in [-0.05, 0) is 143 Å². The van der Waals surface area contributed by atoms with Crippen molar-refractivity contribution in [2.24, 2.45) is 17.3 Å². The van der Waals surface area contributed by atoms with Gasteiger partial charge in [-0.15, -0.1) is 0 Å². The second-order valence-corrected chi connectivity index (χ2v) is 24.8. The summed E-state index contributed by atoms with van der Waals surface area (Å²) in [6.45, 7) is 15.7. The van der Waals surface area contributed by atoms with Gasteiger partial charge in [0.1, 0.15) is 11.5 Å². The number of hydrogen-bond acceptors (Lipinski definition) is 6. The number of benzene rings is 2. The minimum atomic E-state index is -1.46. The molecule has 8 heteroatoms. The van der Waals surface area contributed by atoms with Crippen LogP contribution in [0.4, 0.5) is 0 Å². The van der Waals surface area contributed by atoms with Crippen molar-refractivity contribution in [3.05, 3.63) is 59.7 Å². The van der Waals surface area contributed by atoms with E-state index in [9.17, 15) is 0 Å². The Kier molecular flexibility index (Phi) is 35.1. The molecule has 2 unspecified atom stereocenters. The van der Waals surface area contributed by atoms with E-state index < -0.39 is 17.2 Å². The van der Waals surface area contributed by atoms with Crippen LogP contribution in [-0.4, -0.2) is 25.4 Å². The lowest BCUT2D eigenvalue weighted by Crippen LogP contribution is -2.38. The molecule has 2 atom stereocenters. The third kappa shape index (κ3) is 27.9. The minimum absolute atomic E-state index is 0.184. The molecule has 2 aliphatic rings. The molecule has 71 heavy (non-hydrogen) atoms. The molecule has 2 saturated carbocycles. The molecule has 2 fully saturated rings. The minimum Gasteiger partial charge on any atom is -0.427 e. The molecule has 0 amide bonds. The average molecular weight is 1030 g/mol. The number of unbranched alkanes of at least 4 members (excludes halogenated alkanes) is 24. The SMILES string of the molecule is CCCCCCCCCOP(Oc1cccc(CCCCCCCCC)c1)OC1CCC(C(C)(C)C2CCC(OP(OCCCCCCCCC)Oc3cccc(CCCCCCCCC)c3)CC2)CC1. The molecular weight excluding hydrogens is 915 g/mol. The predicted molar refractivity (Wildman–Crippen MR) is 307 cm³/mol. The lowest BCUT2D eigenvalue weighted by Gasteiger charge is -2.46. The molecule has 408 valence electrons. The highest BCUT2D eigenvalue weighted by atomic mass is 31.2. The molecule has 2 aromatic rings. The van der Waals surface area contributed by atoms with E-state index in [2.05, 4.69) is 90.1 Å². The number of rotatable bonds is 44. The Bertz CT molecular complexity index is 1430. The van der Waals surface area contributed by atoms with Gasteiger partial charge >= 0.3 is 17.2 Å². The molecule has 2 aliphatic carbocycles. The Morgan fingerprint density at radius 3 is 1.04 bits per heavy atom. The molecule has 4 rings (SSSR count). The summed E-state index contributed by atoms with van der Waals surface area (Å²) in [4.78, 5) is 0. The summed E-state index contributed by atoms with van der Waals surface area (Å²) in [6.07, 6.45) is 48.1. The molecule has 0 saturated heterocycles. The topological polar surface area (TPSA) is 55.4 Å². The van der Waals surface area contributed by atoms with E-state index in [-0.39, 0.29) is 17.6 Å². The van der Waals surface area contributed by atoms with Gasteiger partial charge in [-0.3, -0.25) is 9.05 Å². The highest BCUT2D eigenvalue weighted by Crippen LogP contribution is 2.53. The fourth-order valence-corrected chi connectivity index (χ4v) is 13.6. The molecule has 0 heterocycles. The predicted octanol–water partition coefficient (Wildman–Crippen LogP) is 21.9. The van der Waals surface area contributed by atoms with Crippen molar-refractivity contribution in [2.75, 3.05) is 13.2 Å². The zero-order chi connectivity index (χ0) is 50.5. The third-order valence-electron chi connectivity index (χ3n) is 16.1. The monoisotopic (exact) mass is 1020 g/mol. The zero-order valence-corrected chi connectivity index (χ0v) is 48.8. The summed E-state index contributed by atoms with van der Waals surface area (Å²) in [7, 11) is -2.92. The summed E-state index contributed by atoms with van der Waals surface area (Å²) in [5.41, 5.74) is 2.99. The first-order valence-electron chi connectivity index (χ1n) is 30.6. The van der Waals surface area contributed by atoms with Crippen LogP contribution in [0.2, 0.25) is 0 Å². The lowest BCUT2D eigenvalue weighted by atomic mass is 9.60. The Labute approximate surface area is 441 Å². The molecule has 0 radical (unpaired) electrons. The molecule has 0 N–H and O–H groups in total. The first-order chi connectivity index (χ1) is 34.8. The van der Waals surface area contributed by atoms with Crippen molar-refractivity contribution in [3.8, 4) is 11.5 Å². The van der Waals surface area contributed by atoms with Gasteiger partial charge in [-0.25, -0.2) is 0 Å². The van der Waals surface area contributed by atoms with E-state index in [1.165, 1.54) is 204 Å². The maximum atomic E-state index is 6.83. The van der Waals surface area contributed by atoms with Crippen LogP contribution in [-0.2, 0) is 30.9 Å². The second-order valence-electron chi connectivity index (χ2n) is 22.6. The smallest absolute Gasteiger partial charge is 0.397 e. The number of hydrogen-bond donors (Lipinski definition) is 0. The Hall–Kier alpha value is -1.26. The van der Waals surface area contributed by atoms with Crippen molar-refractivity contribution >= 4 is 17.2 Å². The van der Waals surface area contributed by atoms with Crippen molar-refractivity contribution in [3.63, 3.8) is 0 Å². The molecule has 0 aliphatic heterocycles. The second kappa shape index (κ2) is 40.1. The van der Waals surface area contributed by atoms with Gasteiger partial charge in [-0.2, -0.15) is 0 Å². The van der Waals surface area contributed by atoms with Gasteiger partial charge in [0.15, 0.2) is 0 Å². The van der Waals surface area contributed by atoms with E-state index in [1.807, 2.05) is 0 Å². The van der Waals surface area contributed by atoms with Gasteiger partial charge in [0.2, 0.25) is 0 Å².